The zero-order valence-corrected chi connectivity index (χ0v) is 18.2. The molecule has 32 heavy (non-hydrogen) atoms. The number of hydrogen-bond acceptors (Lipinski definition) is 5. The summed E-state index contributed by atoms with van der Waals surface area (Å²) in [7, 11) is 1.69. The molecule has 4 rings (SSSR count). The maximum absolute atomic E-state index is 13.6. The number of fused-ring (bicyclic) bond motifs is 2. The second-order valence-corrected chi connectivity index (χ2v) is 7.82. The molecule has 3 aromatic rings. The smallest absolute Gasteiger partial charge is 0.256 e. The van der Waals surface area contributed by atoms with Crippen LogP contribution in [0.2, 0.25) is 5.02 Å². The molecule has 7 nitrogen and oxygen atoms in total. The van der Waals surface area contributed by atoms with Crippen molar-refractivity contribution in [3.63, 3.8) is 0 Å². The lowest BCUT2D eigenvalue weighted by molar-refractivity contribution is -0.122. The average Bonchev–Trinajstić information content (AvgIpc) is 3.06. The van der Waals surface area contributed by atoms with E-state index in [1.165, 1.54) is 12.1 Å². The highest BCUT2D eigenvalue weighted by Gasteiger charge is 2.22. The van der Waals surface area contributed by atoms with Gasteiger partial charge >= 0.3 is 0 Å². The van der Waals surface area contributed by atoms with Crippen LogP contribution in [0.4, 0.5) is 4.39 Å². The summed E-state index contributed by atoms with van der Waals surface area (Å²) >= 11 is 6.57. The first kappa shape index (κ1) is 21.9. The second kappa shape index (κ2) is 9.42. The quantitative estimate of drug-likeness (QED) is 0.440. The third-order valence-electron chi connectivity index (χ3n) is 5.28. The molecule has 0 fully saturated rings. The zero-order chi connectivity index (χ0) is 22.7. The van der Waals surface area contributed by atoms with Gasteiger partial charge in [-0.2, -0.15) is 0 Å². The van der Waals surface area contributed by atoms with Crippen molar-refractivity contribution >= 4 is 34.8 Å². The Morgan fingerprint density at radius 1 is 1.28 bits per heavy atom. The van der Waals surface area contributed by atoms with Crippen molar-refractivity contribution < 1.29 is 18.7 Å². The Hall–Kier alpha value is -3.36. The molecule has 9 heteroatoms. The molecule has 0 atom stereocenters. The largest absolute Gasteiger partial charge is 0.490 e. The molecule has 0 bridgehead atoms. The van der Waals surface area contributed by atoms with Gasteiger partial charge in [0.1, 0.15) is 18.2 Å². The van der Waals surface area contributed by atoms with Crippen molar-refractivity contribution in [1.29, 1.82) is 0 Å². The van der Waals surface area contributed by atoms with Gasteiger partial charge in [-0.05, 0) is 36.4 Å². The fourth-order valence-electron chi connectivity index (χ4n) is 3.87. The van der Waals surface area contributed by atoms with Gasteiger partial charge in [-0.25, -0.2) is 4.39 Å². The summed E-state index contributed by atoms with van der Waals surface area (Å²) in [4.78, 5) is 24.9. The number of carbonyl (C=O) groups is 2. The van der Waals surface area contributed by atoms with Gasteiger partial charge in [0.2, 0.25) is 6.41 Å². The second-order valence-electron chi connectivity index (χ2n) is 7.41. The lowest BCUT2D eigenvalue weighted by Crippen LogP contribution is -2.34. The number of aromatic nitrogens is 1. The van der Waals surface area contributed by atoms with E-state index in [9.17, 15) is 14.0 Å². The fraction of sp³-hybridized carbons (Fsp3) is 0.217. The van der Waals surface area contributed by atoms with Gasteiger partial charge in [0.25, 0.3) is 5.91 Å². The highest BCUT2D eigenvalue weighted by molar-refractivity contribution is 6.32. The molecule has 2 amide bonds. The van der Waals surface area contributed by atoms with E-state index in [4.69, 9.17) is 16.3 Å². The summed E-state index contributed by atoms with van der Waals surface area (Å²) in [5.74, 6) is -0.141. The first-order valence-electron chi connectivity index (χ1n) is 10.1. The number of halogens is 2. The molecule has 0 saturated carbocycles. The van der Waals surface area contributed by atoms with Crippen LogP contribution in [-0.4, -0.2) is 48.5 Å². The topological polar surface area (TPSA) is 75.6 Å². The number of amides is 2. The molecule has 1 aliphatic rings. The third-order valence-corrected chi connectivity index (χ3v) is 5.56. The molecule has 0 aliphatic carbocycles. The molecule has 166 valence electrons. The summed E-state index contributed by atoms with van der Waals surface area (Å²) in [6.45, 7) is 1.78. The number of ether oxygens (including phenoxy) is 1. The monoisotopic (exact) mass is 456 g/mol. The molecule has 2 aromatic carbocycles. The van der Waals surface area contributed by atoms with Crippen molar-refractivity contribution in [2.45, 2.75) is 6.54 Å². The van der Waals surface area contributed by atoms with Crippen LogP contribution in [0.3, 0.4) is 0 Å². The maximum Gasteiger partial charge on any atom is 0.256 e. The number of imide groups is 1. The van der Waals surface area contributed by atoms with Crippen LogP contribution in [0.15, 0.2) is 54.4 Å². The minimum atomic E-state index is -0.461. The maximum atomic E-state index is 13.6. The molecule has 1 aromatic heterocycles. The van der Waals surface area contributed by atoms with E-state index in [2.05, 4.69) is 10.6 Å². The Morgan fingerprint density at radius 2 is 2.12 bits per heavy atom. The van der Waals surface area contributed by atoms with E-state index in [0.717, 1.165) is 22.2 Å². The summed E-state index contributed by atoms with van der Waals surface area (Å²) in [5, 5.41) is 6.29. The number of carbonyl (C=O) groups excluding carboxylic acids is 2. The summed E-state index contributed by atoms with van der Waals surface area (Å²) < 4.78 is 21.4. The number of rotatable bonds is 6. The van der Waals surface area contributed by atoms with Gasteiger partial charge in [0.15, 0.2) is 0 Å². The van der Waals surface area contributed by atoms with Crippen molar-refractivity contribution in [2.24, 2.45) is 0 Å². The number of benzene rings is 2. The molecular weight excluding hydrogens is 435 g/mol. The third kappa shape index (κ3) is 4.46. The fourth-order valence-corrected chi connectivity index (χ4v) is 4.15. The summed E-state index contributed by atoms with van der Waals surface area (Å²) in [5.41, 5.74) is 2.97. The van der Waals surface area contributed by atoms with Gasteiger partial charge in [0, 0.05) is 61.3 Å². The minimum Gasteiger partial charge on any atom is -0.490 e. The Bertz CT molecular complexity index is 1210. The van der Waals surface area contributed by atoms with Crippen LogP contribution in [0.1, 0.15) is 5.56 Å². The Kier molecular flexibility index (Phi) is 6.43. The summed E-state index contributed by atoms with van der Waals surface area (Å²) in [6.07, 6.45) is 3.81. The number of hydrogen-bond donors (Lipinski definition) is 2. The van der Waals surface area contributed by atoms with Crippen LogP contribution in [0, 0.1) is 5.82 Å². The highest BCUT2D eigenvalue weighted by atomic mass is 35.5. The predicted molar refractivity (Wildman–Crippen MR) is 120 cm³/mol. The van der Waals surface area contributed by atoms with Gasteiger partial charge in [-0.3, -0.25) is 19.8 Å². The molecule has 2 N–H and O–H groups in total. The predicted octanol–water partition coefficient (Wildman–Crippen LogP) is 2.99. The van der Waals surface area contributed by atoms with E-state index in [0.29, 0.717) is 49.0 Å². The van der Waals surface area contributed by atoms with Crippen molar-refractivity contribution in [2.75, 3.05) is 26.7 Å². The van der Waals surface area contributed by atoms with Gasteiger partial charge < -0.3 is 14.6 Å². The zero-order valence-electron chi connectivity index (χ0n) is 17.4. The Balaban J connectivity index is 1.66. The molecule has 0 unspecified atom stereocenters. The molecule has 1 aliphatic heterocycles. The van der Waals surface area contributed by atoms with Crippen molar-refractivity contribution in [1.82, 2.24) is 20.1 Å². The van der Waals surface area contributed by atoms with Crippen LogP contribution in [-0.2, 0) is 16.1 Å². The number of nitrogens with zero attached hydrogens (tertiary/aromatic N) is 2. The molecule has 0 saturated heterocycles. The van der Waals surface area contributed by atoms with Crippen molar-refractivity contribution in [3.05, 3.63) is 70.8 Å². The van der Waals surface area contributed by atoms with E-state index in [-0.39, 0.29) is 5.82 Å². The SMILES string of the molecule is CNC=C(CN1CCOc2c(Cl)cc(-n3ccc4cc(F)ccc43)cc2C1)C(=O)NC=O. The van der Waals surface area contributed by atoms with Gasteiger partial charge in [-0.1, -0.05) is 11.6 Å². The standard InChI is InChI=1S/C23H22ClFN4O3/c1-26-11-17(23(31)27-14-30)13-28-6-7-32-22-16(12-28)9-19(10-20(22)24)29-5-4-15-8-18(25)2-3-21(15)29/h2-5,8-11,14,26H,6-7,12-13H2,1H3,(H,27,30,31). The minimum absolute atomic E-state index is 0.289. The van der Waals surface area contributed by atoms with Crippen LogP contribution >= 0.6 is 11.6 Å². The lowest BCUT2D eigenvalue weighted by atomic mass is 10.1. The Labute approximate surface area is 189 Å². The van der Waals surface area contributed by atoms with E-state index >= 15 is 0 Å². The lowest BCUT2D eigenvalue weighted by Gasteiger charge is -2.21. The first-order chi connectivity index (χ1) is 15.5. The highest BCUT2D eigenvalue weighted by Crippen LogP contribution is 2.35. The molecular formula is C23H22ClFN4O3. The van der Waals surface area contributed by atoms with Crippen LogP contribution in [0.25, 0.3) is 16.6 Å². The van der Waals surface area contributed by atoms with Crippen LogP contribution in [0.5, 0.6) is 5.75 Å². The van der Waals surface area contributed by atoms with Gasteiger partial charge in [0.05, 0.1) is 10.5 Å². The van der Waals surface area contributed by atoms with E-state index < -0.39 is 5.91 Å². The average molecular weight is 457 g/mol. The van der Waals surface area contributed by atoms with Gasteiger partial charge in [-0.15, -0.1) is 0 Å². The number of nitrogens with one attached hydrogen (secondary N) is 2. The normalized spacial score (nSPS) is 14.4. The molecule has 0 radical (unpaired) electrons. The summed E-state index contributed by atoms with van der Waals surface area (Å²) in [6, 6.07) is 10.3. The van der Waals surface area contributed by atoms with Crippen molar-refractivity contribution in [3.8, 4) is 11.4 Å². The Morgan fingerprint density at radius 3 is 2.91 bits per heavy atom. The molecule has 0 spiro atoms. The van der Waals surface area contributed by atoms with E-state index in [1.54, 1.807) is 19.3 Å². The first-order valence-corrected chi connectivity index (χ1v) is 10.4. The van der Waals surface area contributed by atoms with Crippen LogP contribution < -0.4 is 15.4 Å². The van der Waals surface area contributed by atoms with E-state index in [1.807, 2.05) is 33.9 Å². The molecule has 2 heterocycles.